The Morgan fingerprint density at radius 2 is 2.04 bits per heavy atom. The molecule has 1 heterocycles. The Morgan fingerprint density at radius 1 is 1.29 bits per heavy atom. The van der Waals surface area contributed by atoms with Crippen molar-refractivity contribution in [2.45, 2.75) is 25.3 Å². The van der Waals surface area contributed by atoms with Crippen LogP contribution in [0.1, 0.15) is 40.5 Å². The molecular formula is C20H18BrFN4O2. The molecule has 28 heavy (non-hydrogen) atoms. The number of rotatable bonds is 6. The number of halogens is 2. The van der Waals surface area contributed by atoms with E-state index in [1.54, 1.807) is 10.7 Å². The summed E-state index contributed by atoms with van der Waals surface area (Å²) in [5.41, 5.74) is 2.63. The third-order valence-corrected chi connectivity index (χ3v) is 5.15. The Labute approximate surface area is 169 Å². The number of nitrogens with one attached hydrogen (secondary N) is 1. The summed E-state index contributed by atoms with van der Waals surface area (Å²) in [6, 6.07) is 12.3. The topological polar surface area (TPSA) is 69.0 Å². The average Bonchev–Trinajstić information content (AvgIpc) is 3.45. The van der Waals surface area contributed by atoms with Gasteiger partial charge in [-0.05, 0) is 54.8 Å². The lowest BCUT2D eigenvalue weighted by atomic mass is 10.2. The van der Waals surface area contributed by atoms with E-state index >= 15 is 0 Å². The fraction of sp³-hybridized carbons (Fsp3) is 0.250. The van der Waals surface area contributed by atoms with Gasteiger partial charge in [-0.2, -0.15) is 0 Å². The second kappa shape index (κ2) is 7.71. The summed E-state index contributed by atoms with van der Waals surface area (Å²) in [5.74, 6) is -0.336. The molecule has 1 fully saturated rings. The molecule has 6 nitrogen and oxygen atoms in total. The van der Waals surface area contributed by atoms with E-state index in [1.165, 1.54) is 19.2 Å². The second-order valence-electron chi connectivity index (χ2n) is 6.64. The van der Waals surface area contributed by atoms with Gasteiger partial charge >= 0.3 is 0 Å². The largest absolute Gasteiger partial charge is 0.494 e. The lowest BCUT2D eigenvalue weighted by Crippen LogP contribution is -2.24. The quantitative estimate of drug-likeness (QED) is 0.623. The van der Waals surface area contributed by atoms with Crippen molar-refractivity contribution in [2.75, 3.05) is 7.11 Å². The van der Waals surface area contributed by atoms with Gasteiger partial charge in [0.25, 0.3) is 5.91 Å². The number of carbonyl (C=O) groups excluding carboxylic acids is 1. The van der Waals surface area contributed by atoms with E-state index in [4.69, 9.17) is 4.74 Å². The van der Waals surface area contributed by atoms with Crippen molar-refractivity contribution in [3.63, 3.8) is 0 Å². The molecule has 1 amide bonds. The number of ether oxygens (including phenoxy) is 1. The summed E-state index contributed by atoms with van der Waals surface area (Å²) in [4.78, 5) is 12.7. The average molecular weight is 445 g/mol. The van der Waals surface area contributed by atoms with Crippen LogP contribution in [0.2, 0.25) is 0 Å². The molecule has 0 unspecified atom stereocenters. The van der Waals surface area contributed by atoms with E-state index in [9.17, 15) is 9.18 Å². The van der Waals surface area contributed by atoms with Crippen LogP contribution in [0, 0.1) is 5.82 Å². The Kier molecular flexibility index (Phi) is 5.13. The van der Waals surface area contributed by atoms with Gasteiger partial charge in [0.1, 0.15) is 0 Å². The van der Waals surface area contributed by atoms with Crippen LogP contribution in [0.3, 0.4) is 0 Å². The van der Waals surface area contributed by atoms with E-state index in [2.05, 4.69) is 31.6 Å². The molecule has 1 N–H and O–H groups in total. The highest BCUT2D eigenvalue weighted by molar-refractivity contribution is 9.10. The van der Waals surface area contributed by atoms with Crippen LogP contribution in [0.4, 0.5) is 4.39 Å². The number of hydrogen-bond donors (Lipinski definition) is 1. The molecule has 1 saturated carbocycles. The van der Waals surface area contributed by atoms with E-state index in [-0.39, 0.29) is 24.1 Å². The molecule has 0 atom stereocenters. The lowest BCUT2D eigenvalue weighted by Gasteiger charge is -2.09. The number of hydrogen-bond acceptors (Lipinski definition) is 4. The summed E-state index contributed by atoms with van der Waals surface area (Å²) < 4.78 is 21.4. The van der Waals surface area contributed by atoms with Crippen molar-refractivity contribution in [3.8, 4) is 11.4 Å². The first-order valence-corrected chi connectivity index (χ1v) is 9.68. The normalized spacial score (nSPS) is 13.4. The molecule has 1 aliphatic rings. The maximum atomic E-state index is 13.8. The Hall–Kier alpha value is -2.74. The van der Waals surface area contributed by atoms with Crippen LogP contribution >= 0.6 is 15.9 Å². The molecule has 0 saturated heterocycles. The van der Waals surface area contributed by atoms with Crippen LogP contribution in [0.5, 0.6) is 5.75 Å². The fourth-order valence-electron chi connectivity index (χ4n) is 3.03. The minimum absolute atomic E-state index is 0.170. The summed E-state index contributed by atoms with van der Waals surface area (Å²) in [7, 11) is 1.41. The van der Waals surface area contributed by atoms with Gasteiger partial charge in [-0.1, -0.05) is 27.2 Å². The van der Waals surface area contributed by atoms with E-state index in [1.807, 2.05) is 24.3 Å². The molecule has 0 bridgehead atoms. The Morgan fingerprint density at radius 3 is 2.68 bits per heavy atom. The SMILES string of the molecule is COc1ccc(CNC(=O)c2nnn(-c3ccc(Br)cc3)c2C2CC2)cc1F. The molecule has 4 rings (SSSR count). The van der Waals surface area contributed by atoms with Gasteiger partial charge in [0.05, 0.1) is 18.5 Å². The first-order chi connectivity index (χ1) is 13.6. The van der Waals surface area contributed by atoms with Crippen molar-refractivity contribution in [3.05, 3.63) is 69.7 Å². The van der Waals surface area contributed by atoms with Crippen LogP contribution in [-0.4, -0.2) is 28.0 Å². The monoisotopic (exact) mass is 444 g/mol. The number of methoxy groups -OCH3 is 1. The Balaban J connectivity index is 1.54. The highest BCUT2D eigenvalue weighted by Crippen LogP contribution is 2.42. The number of benzene rings is 2. The van der Waals surface area contributed by atoms with Gasteiger partial charge < -0.3 is 10.1 Å². The predicted molar refractivity (Wildman–Crippen MR) is 105 cm³/mol. The molecule has 0 radical (unpaired) electrons. The molecule has 0 aliphatic heterocycles. The first kappa shape index (κ1) is 18.6. The maximum absolute atomic E-state index is 13.8. The van der Waals surface area contributed by atoms with Crippen LogP contribution in [0.15, 0.2) is 46.9 Å². The van der Waals surface area contributed by atoms with Crippen molar-refractivity contribution in [2.24, 2.45) is 0 Å². The van der Waals surface area contributed by atoms with Gasteiger partial charge in [-0.25, -0.2) is 9.07 Å². The van der Waals surface area contributed by atoms with Gasteiger partial charge in [0.15, 0.2) is 17.3 Å². The van der Waals surface area contributed by atoms with Crippen molar-refractivity contribution < 1.29 is 13.9 Å². The van der Waals surface area contributed by atoms with Crippen molar-refractivity contribution in [1.29, 1.82) is 0 Å². The maximum Gasteiger partial charge on any atom is 0.274 e. The van der Waals surface area contributed by atoms with Crippen molar-refractivity contribution in [1.82, 2.24) is 20.3 Å². The smallest absolute Gasteiger partial charge is 0.274 e. The van der Waals surface area contributed by atoms with E-state index < -0.39 is 5.82 Å². The summed E-state index contributed by atoms with van der Waals surface area (Å²) in [5, 5.41) is 11.1. The second-order valence-corrected chi connectivity index (χ2v) is 7.55. The first-order valence-electron chi connectivity index (χ1n) is 8.89. The van der Waals surface area contributed by atoms with Gasteiger partial charge in [-0.3, -0.25) is 4.79 Å². The van der Waals surface area contributed by atoms with Gasteiger partial charge in [0, 0.05) is 16.9 Å². The lowest BCUT2D eigenvalue weighted by molar-refractivity contribution is 0.0944. The fourth-order valence-corrected chi connectivity index (χ4v) is 3.30. The zero-order chi connectivity index (χ0) is 19.7. The highest BCUT2D eigenvalue weighted by Gasteiger charge is 2.34. The molecule has 3 aromatic rings. The minimum Gasteiger partial charge on any atom is -0.494 e. The van der Waals surface area contributed by atoms with E-state index in [0.717, 1.165) is 28.7 Å². The number of carbonyl (C=O) groups is 1. The molecule has 1 aromatic heterocycles. The summed E-state index contributed by atoms with van der Waals surface area (Å²) >= 11 is 3.42. The molecular weight excluding hydrogens is 427 g/mol. The Bertz CT molecular complexity index is 1020. The molecule has 8 heteroatoms. The molecule has 0 spiro atoms. The molecule has 144 valence electrons. The zero-order valence-corrected chi connectivity index (χ0v) is 16.7. The van der Waals surface area contributed by atoms with E-state index in [0.29, 0.717) is 11.3 Å². The van der Waals surface area contributed by atoms with Crippen LogP contribution in [-0.2, 0) is 6.54 Å². The molecule has 2 aromatic carbocycles. The highest BCUT2D eigenvalue weighted by atomic mass is 79.9. The third kappa shape index (κ3) is 3.77. The van der Waals surface area contributed by atoms with Crippen LogP contribution < -0.4 is 10.1 Å². The van der Waals surface area contributed by atoms with Crippen molar-refractivity contribution >= 4 is 21.8 Å². The number of aromatic nitrogens is 3. The molecule has 1 aliphatic carbocycles. The third-order valence-electron chi connectivity index (χ3n) is 4.62. The number of nitrogens with zero attached hydrogens (tertiary/aromatic N) is 3. The minimum atomic E-state index is -0.464. The summed E-state index contributed by atoms with van der Waals surface area (Å²) in [6.45, 7) is 0.189. The summed E-state index contributed by atoms with van der Waals surface area (Å²) in [6.07, 6.45) is 2.02. The van der Waals surface area contributed by atoms with Crippen LogP contribution in [0.25, 0.3) is 5.69 Å². The van der Waals surface area contributed by atoms with Gasteiger partial charge in [0.2, 0.25) is 0 Å². The standard InChI is InChI=1S/C20H18BrFN4O2/c1-28-17-9-2-12(10-16(17)22)11-23-20(27)18-19(13-3-4-13)26(25-24-18)15-7-5-14(21)6-8-15/h2,5-10,13H,3-4,11H2,1H3,(H,23,27). The zero-order valence-electron chi connectivity index (χ0n) is 15.2. The van der Waals surface area contributed by atoms with Gasteiger partial charge in [-0.15, -0.1) is 5.10 Å². The predicted octanol–water partition coefficient (Wildman–Crippen LogP) is 3.98. The number of amides is 1.